The quantitative estimate of drug-likeness (QED) is 0.464. The van der Waals surface area contributed by atoms with Crippen molar-refractivity contribution in [2.75, 3.05) is 7.11 Å². The zero-order valence-corrected chi connectivity index (χ0v) is 17.6. The molecule has 1 aliphatic rings. The molecule has 2 aromatic carbocycles. The van der Waals surface area contributed by atoms with Crippen LogP contribution in [0.2, 0.25) is 5.02 Å². The van der Waals surface area contributed by atoms with Crippen molar-refractivity contribution >= 4 is 44.8 Å². The van der Waals surface area contributed by atoms with E-state index in [1.807, 2.05) is 41.8 Å². The minimum Gasteiger partial charge on any atom is -0.503 e. The predicted octanol–water partition coefficient (Wildman–Crippen LogP) is 5.44. The Morgan fingerprint density at radius 3 is 2.83 bits per heavy atom. The largest absolute Gasteiger partial charge is 0.503 e. The van der Waals surface area contributed by atoms with E-state index in [9.17, 15) is 9.90 Å². The highest BCUT2D eigenvalue weighted by Crippen LogP contribution is 2.38. The molecule has 0 bridgehead atoms. The van der Waals surface area contributed by atoms with Crippen molar-refractivity contribution in [1.82, 2.24) is 9.55 Å². The molecule has 0 unspecified atom stereocenters. The van der Waals surface area contributed by atoms with Gasteiger partial charge in [0, 0.05) is 17.5 Å². The van der Waals surface area contributed by atoms with Crippen LogP contribution in [0.15, 0.2) is 52.6 Å². The second-order valence-electron chi connectivity index (χ2n) is 7.06. The first-order valence-corrected chi connectivity index (χ1v) is 10.7. The molecule has 0 aliphatic carbocycles. The maximum atomic E-state index is 13.3. The third-order valence-electron chi connectivity index (χ3n) is 5.28. The van der Waals surface area contributed by atoms with Gasteiger partial charge in [-0.1, -0.05) is 41.9 Å². The van der Waals surface area contributed by atoms with Gasteiger partial charge < -0.3 is 9.84 Å². The Morgan fingerprint density at radius 1 is 1.27 bits per heavy atom. The summed E-state index contributed by atoms with van der Waals surface area (Å²) < 4.78 is 6.93. The average molecular weight is 437 g/mol. The summed E-state index contributed by atoms with van der Waals surface area (Å²) in [6.45, 7) is 0.579. The number of allylic oxidation sites excluding steroid dienone is 1. The van der Waals surface area contributed by atoms with Crippen LogP contribution < -0.4 is 10.3 Å². The first kappa shape index (κ1) is 18.9. The molecule has 0 fully saturated rings. The fourth-order valence-electron chi connectivity index (χ4n) is 3.82. The number of methoxy groups -OCH3 is 1. The number of phenolic OH excluding ortho intramolecular Hbond substituents is 1. The van der Waals surface area contributed by atoms with Crippen LogP contribution in [0, 0.1) is 0 Å². The first-order chi connectivity index (χ1) is 14.6. The summed E-state index contributed by atoms with van der Waals surface area (Å²) in [6.07, 6.45) is 2.64. The fourth-order valence-corrected chi connectivity index (χ4v) is 4.98. The standard InChI is InChI=1S/C23H17ClN2O3S/c1-29-18-11-13(10-17(24)20(18)27)9-15-7-8-26-21(15)25-22-19(23(26)28)16(12-30-22)14-5-3-2-4-6-14/h2-6,9-12,27H,7-8H2,1H3/b15-9+. The lowest BCUT2D eigenvalue weighted by Gasteiger charge is -2.07. The molecule has 150 valence electrons. The maximum absolute atomic E-state index is 13.3. The van der Waals surface area contributed by atoms with Crippen molar-refractivity contribution in [3.05, 3.63) is 74.6 Å². The number of benzene rings is 2. The highest BCUT2D eigenvalue weighted by molar-refractivity contribution is 7.17. The topological polar surface area (TPSA) is 64.4 Å². The van der Waals surface area contributed by atoms with Crippen LogP contribution in [-0.4, -0.2) is 21.8 Å². The second-order valence-corrected chi connectivity index (χ2v) is 8.33. The van der Waals surface area contributed by atoms with Gasteiger partial charge in [-0.3, -0.25) is 9.36 Å². The number of hydrogen-bond donors (Lipinski definition) is 1. The highest BCUT2D eigenvalue weighted by atomic mass is 35.5. The van der Waals surface area contributed by atoms with Crippen LogP contribution in [0.3, 0.4) is 0 Å². The highest BCUT2D eigenvalue weighted by Gasteiger charge is 2.23. The van der Waals surface area contributed by atoms with E-state index in [1.165, 1.54) is 18.4 Å². The van der Waals surface area contributed by atoms with E-state index < -0.39 is 0 Å². The summed E-state index contributed by atoms with van der Waals surface area (Å²) in [4.78, 5) is 18.9. The molecule has 0 radical (unpaired) electrons. The van der Waals surface area contributed by atoms with Crippen molar-refractivity contribution in [1.29, 1.82) is 0 Å². The first-order valence-electron chi connectivity index (χ1n) is 9.41. The van der Waals surface area contributed by atoms with Gasteiger partial charge in [-0.25, -0.2) is 4.98 Å². The number of hydrogen-bond acceptors (Lipinski definition) is 5. The number of ether oxygens (including phenoxy) is 1. The molecule has 0 saturated heterocycles. The lowest BCUT2D eigenvalue weighted by atomic mass is 10.1. The number of nitrogens with zero attached hydrogens (tertiary/aromatic N) is 2. The van der Waals surface area contributed by atoms with E-state index in [4.69, 9.17) is 21.3 Å². The van der Waals surface area contributed by atoms with Gasteiger partial charge in [0.2, 0.25) is 0 Å². The Bertz CT molecular complexity index is 1370. The average Bonchev–Trinajstić information content (AvgIpc) is 3.36. The summed E-state index contributed by atoms with van der Waals surface area (Å²) in [5.41, 5.74) is 3.66. The third-order valence-corrected chi connectivity index (χ3v) is 6.44. The number of fused-ring (bicyclic) bond motifs is 2. The van der Waals surface area contributed by atoms with Gasteiger partial charge in [0.25, 0.3) is 5.56 Å². The van der Waals surface area contributed by atoms with Crippen molar-refractivity contribution in [3.63, 3.8) is 0 Å². The second kappa shape index (κ2) is 7.31. The monoisotopic (exact) mass is 436 g/mol. The van der Waals surface area contributed by atoms with Crippen LogP contribution in [0.25, 0.3) is 33.0 Å². The molecule has 2 aromatic heterocycles. The summed E-state index contributed by atoms with van der Waals surface area (Å²) >= 11 is 7.60. The zero-order valence-electron chi connectivity index (χ0n) is 16.1. The zero-order chi connectivity index (χ0) is 20.8. The van der Waals surface area contributed by atoms with Crippen LogP contribution in [0.5, 0.6) is 11.5 Å². The summed E-state index contributed by atoms with van der Waals surface area (Å²) in [5, 5.41) is 12.8. The number of halogens is 1. The van der Waals surface area contributed by atoms with E-state index in [-0.39, 0.29) is 16.3 Å². The minimum atomic E-state index is -0.0868. The van der Waals surface area contributed by atoms with Gasteiger partial charge in [0.1, 0.15) is 10.7 Å². The number of aromatic nitrogens is 2. The Balaban J connectivity index is 1.64. The van der Waals surface area contributed by atoms with Crippen LogP contribution in [-0.2, 0) is 6.54 Å². The van der Waals surface area contributed by atoms with Crippen molar-refractivity contribution in [3.8, 4) is 22.6 Å². The van der Waals surface area contributed by atoms with E-state index in [1.54, 1.807) is 16.7 Å². The van der Waals surface area contributed by atoms with Gasteiger partial charge in [0.05, 0.1) is 17.5 Å². The molecular formula is C23H17ClN2O3S. The van der Waals surface area contributed by atoms with Crippen LogP contribution in [0.1, 0.15) is 17.8 Å². The van der Waals surface area contributed by atoms with E-state index >= 15 is 0 Å². The Hall–Kier alpha value is -3.09. The van der Waals surface area contributed by atoms with E-state index in [2.05, 4.69) is 0 Å². The number of phenols is 1. The molecule has 0 atom stereocenters. The number of thiophene rings is 1. The normalized spacial score (nSPS) is 14.4. The molecule has 4 aromatic rings. The molecule has 1 N–H and O–H groups in total. The molecule has 0 amide bonds. The van der Waals surface area contributed by atoms with Gasteiger partial charge in [-0.2, -0.15) is 0 Å². The summed E-state index contributed by atoms with van der Waals surface area (Å²) in [6, 6.07) is 13.3. The minimum absolute atomic E-state index is 0.0141. The molecule has 0 saturated carbocycles. The molecule has 7 heteroatoms. The van der Waals surface area contributed by atoms with Crippen LogP contribution in [0.4, 0.5) is 0 Å². The van der Waals surface area contributed by atoms with Crippen LogP contribution >= 0.6 is 22.9 Å². The smallest absolute Gasteiger partial charge is 0.263 e. The van der Waals surface area contributed by atoms with E-state index in [0.29, 0.717) is 29.9 Å². The molecule has 5 nitrogen and oxygen atoms in total. The van der Waals surface area contributed by atoms with Crippen molar-refractivity contribution in [2.24, 2.45) is 0 Å². The predicted molar refractivity (Wildman–Crippen MR) is 121 cm³/mol. The Kier molecular flexibility index (Phi) is 4.60. The van der Waals surface area contributed by atoms with Crippen molar-refractivity contribution < 1.29 is 9.84 Å². The lowest BCUT2D eigenvalue weighted by molar-refractivity contribution is 0.373. The van der Waals surface area contributed by atoms with Gasteiger partial charge in [-0.15, -0.1) is 11.3 Å². The summed E-state index contributed by atoms with van der Waals surface area (Å²) in [7, 11) is 1.48. The molecule has 1 aliphatic heterocycles. The van der Waals surface area contributed by atoms with E-state index in [0.717, 1.165) is 27.1 Å². The van der Waals surface area contributed by atoms with Crippen molar-refractivity contribution in [2.45, 2.75) is 13.0 Å². The maximum Gasteiger partial charge on any atom is 0.263 e. The summed E-state index contributed by atoms with van der Waals surface area (Å²) in [5.74, 6) is 0.896. The Labute approximate surface area is 181 Å². The lowest BCUT2D eigenvalue weighted by Crippen LogP contribution is -2.20. The Morgan fingerprint density at radius 2 is 2.07 bits per heavy atom. The molecule has 30 heavy (non-hydrogen) atoms. The van der Waals surface area contributed by atoms with Gasteiger partial charge >= 0.3 is 0 Å². The number of aromatic hydroxyl groups is 1. The fraction of sp³-hybridized carbons (Fsp3) is 0.130. The third kappa shape index (κ3) is 3.00. The molecule has 0 spiro atoms. The van der Waals surface area contributed by atoms with Gasteiger partial charge in [0.15, 0.2) is 11.5 Å². The SMILES string of the molecule is COc1cc(/C=C2\CCn3c2nc2scc(-c4ccccc4)c2c3=O)cc(Cl)c1O. The number of rotatable bonds is 3. The molecular weight excluding hydrogens is 420 g/mol. The molecule has 3 heterocycles. The molecule has 5 rings (SSSR count). The van der Waals surface area contributed by atoms with Gasteiger partial charge in [-0.05, 0) is 41.3 Å².